The second-order valence-corrected chi connectivity index (χ2v) is 5.58. The van der Waals surface area contributed by atoms with Crippen molar-refractivity contribution in [3.05, 3.63) is 33.1 Å². The fourth-order valence-electron chi connectivity index (χ4n) is 1.80. The van der Waals surface area contributed by atoms with Crippen molar-refractivity contribution >= 4 is 23.1 Å². The smallest absolute Gasteiger partial charge is 0.266 e. The van der Waals surface area contributed by atoms with Crippen LogP contribution in [-0.4, -0.2) is 16.1 Å². The molecular formula is C13H17N3OS. The topological polar surface area (TPSA) is 57.8 Å². The SMILES string of the molecule is CCCc1cc(C(=O)Nc2[nH]ncc2C)sc1C. The van der Waals surface area contributed by atoms with E-state index in [-0.39, 0.29) is 5.91 Å². The highest BCUT2D eigenvalue weighted by Crippen LogP contribution is 2.24. The van der Waals surface area contributed by atoms with Crippen molar-refractivity contribution in [3.8, 4) is 0 Å². The Labute approximate surface area is 110 Å². The molecule has 0 aliphatic carbocycles. The van der Waals surface area contributed by atoms with Crippen molar-refractivity contribution in [2.24, 2.45) is 0 Å². The lowest BCUT2D eigenvalue weighted by Crippen LogP contribution is -2.11. The van der Waals surface area contributed by atoms with Gasteiger partial charge < -0.3 is 5.32 Å². The molecule has 0 spiro atoms. The van der Waals surface area contributed by atoms with Gasteiger partial charge in [-0.2, -0.15) is 5.10 Å². The van der Waals surface area contributed by atoms with Crippen molar-refractivity contribution in [1.29, 1.82) is 0 Å². The summed E-state index contributed by atoms with van der Waals surface area (Å²) in [6.45, 7) is 6.11. The molecule has 96 valence electrons. The first-order valence-electron chi connectivity index (χ1n) is 6.02. The van der Waals surface area contributed by atoms with Crippen LogP contribution in [0.25, 0.3) is 0 Å². The minimum atomic E-state index is -0.0715. The van der Waals surface area contributed by atoms with Crippen molar-refractivity contribution in [1.82, 2.24) is 10.2 Å². The van der Waals surface area contributed by atoms with Crippen LogP contribution >= 0.6 is 11.3 Å². The standard InChI is InChI=1S/C13H17N3OS/c1-4-5-10-6-11(18-9(10)3)13(17)15-12-8(2)7-14-16-12/h6-7H,4-5H2,1-3H3,(H2,14,15,16,17). The third kappa shape index (κ3) is 2.61. The molecule has 2 aromatic rings. The molecule has 2 aromatic heterocycles. The molecule has 2 N–H and O–H groups in total. The van der Waals surface area contributed by atoms with E-state index in [1.54, 1.807) is 17.5 Å². The first-order chi connectivity index (χ1) is 8.61. The molecule has 0 unspecified atom stereocenters. The Bertz CT molecular complexity index is 556. The van der Waals surface area contributed by atoms with Crippen LogP contribution in [0.2, 0.25) is 0 Å². The predicted molar refractivity (Wildman–Crippen MR) is 74.3 cm³/mol. The molecule has 0 aliphatic rings. The number of aromatic amines is 1. The summed E-state index contributed by atoms with van der Waals surface area (Å²) in [5, 5.41) is 9.50. The van der Waals surface area contributed by atoms with Gasteiger partial charge in [0, 0.05) is 10.4 Å². The van der Waals surface area contributed by atoms with E-state index in [0.717, 1.165) is 23.3 Å². The van der Waals surface area contributed by atoms with Crippen LogP contribution < -0.4 is 5.32 Å². The second-order valence-electron chi connectivity index (χ2n) is 4.32. The fourth-order valence-corrected chi connectivity index (χ4v) is 2.76. The van der Waals surface area contributed by atoms with E-state index in [4.69, 9.17) is 0 Å². The van der Waals surface area contributed by atoms with Crippen molar-refractivity contribution in [2.45, 2.75) is 33.6 Å². The summed E-state index contributed by atoms with van der Waals surface area (Å²) in [4.78, 5) is 14.1. The number of nitrogens with one attached hydrogen (secondary N) is 2. The van der Waals surface area contributed by atoms with Gasteiger partial charge in [-0.25, -0.2) is 0 Å². The lowest BCUT2D eigenvalue weighted by atomic mass is 10.1. The molecule has 0 fully saturated rings. The van der Waals surface area contributed by atoms with Crippen LogP contribution in [0.15, 0.2) is 12.3 Å². The van der Waals surface area contributed by atoms with Crippen LogP contribution in [0.5, 0.6) is 0 Å². The van der Waals surface area contributed by atoms with E-state index in [0.29, 0.717) is 5.82 Å². The zero-order chi connectivity index (χ0) is 13.1. The van der Waals surface area contributed by atoms with Gasteiger partial charge in [-0.05, 0) is 31.9 Å². The molecule has 0 aromatic carbocycles. The summed E-state index contributed by atoms with van der Waals surface area (Å²) in [6, 6.07) is 1.99. The highest BCUT2D eigenvalue weighted by molar-refractivity contribution is 7.14. The molecule has 4 nitrogen and oxygen atoms in total. The highest BCUT2D eigenvalue weighted by atomic mass is 32.1. The number of hydrogen-bond acceptors (Lipinski definition) is 3. The van der Waals surface area contributed by atoms with Gasteiger partial charge in [-0.3, -0.25) is 9.89 Å². The summed E-state index contributed by atoms with van der Waals surface area (Å²) < 4.78 is 0. The van der Waals surface area contributed by atoms with Gasteiger partial charge in [0.1, 0.15) is 5.82 Å². The normalized spacial score (nSPS) is 10.6. The number of amides is 1. The largest absolute Gasteiger partial charge is 0.306 e. The first kappa shape index (κ1) is 12.8. The van der Waals surface area contributed by atoms with Crippen molar-refractivity contribution in [2.75, 3.05) is 5.32 Å². The molecule has 0 saturated heterocycles. The van der Waals surface area contributed by atoms with E-state index in [1.165, 1.54) is 10.4 Å². The van der Waals surface area contributed by atoms with Gasteiger partial charge in [0.05, 0.1) is 11.1 Å². The third-order valence-corrected chi connectivity index (χ3v) is 3.92. The predicted octanol–water partition coefficient (Wildman–Crippen LogP) is 3.29. The van der Waals surface area contributed by atoms with E-state index < -0.39 is 0 Å². The monoisotopic (exact) mass is 263 g/mol. The van der Waals surface area contributed by atoms with Crippen molar-refractivity contribution in [3.63, 3.8) is 0 Å². The van der Waals surface area contributed by atoms with E-state index >= 15 is 0 Å². The lowest BCUT2D eigenvalue weighted by molar-refractivity contribution is 0.103. The Balaban J connectivity index is 2.14. The Morgan fingerprint density at radius 2 is 2.28 bits per heavy atom. The molecule has 1 amide bonds. The van der Waals surface area contributed by atoms with Crippen LogP contribution in [0, 0.1) is 13.8 Å². The summed E-state index contributed by atoms with van der Waals surface area (Å²) in [5.74, 6) is 0.598. The number of nitrogens with zero attached hydrogens (tertiary/aromatic N) is 1. The number of rotatable bonds is 4. The van der Waals surface area contributed by atoms with Gasteiger partial charge >= 0.3 is 0 Å². The number of H-pyrrole nitrogens is 1. The molecule has 0 aliphatic heterocycles. The van der Waals surface area contributed by atoms with E-state index in [1.807, 2.05) is 13.0 Å². The minimum absolute atomic E-state index is 0.0715. The molecule has 0 radical (unpaired) electrons. The Morgan fingerprint density at radius 3 is 2.89 bits per heavy atom. The second kappa shape index (κ2) is 5.35. The molecule has 2 rings (SSSR count). The summed E-state index contributed by atoms with van der Waals surface area (Å²) in [5.41, 5.74) is 2.21. The lowest BCUT2D eigenvalue weighted by Gasteiger charge is -2.00. The number of thiophene rings is 1. The molecule has 2 heterocycles. The maximum atomic E-state index is 12.1. The van der Waals surface area contributed by atoms with Gasteiger partial charge in [0.2, 0.25) is 0 Å². The van der Waals surface area contributed by atoms with Crippen molar-refractivity contribution < 1.29 is 4.79 Å². The average molecular weight is 263 g/mol. The third-order valence-electron chi connectivity index (χ3n) is 2.83. The number of aromatic nitrogens is 2. The first-order valence-corrected chi connectivity index (χ1v) is 6.84. The number of anilines is 1. The fraction of sp³-hybridized carbons (Fsp3) is 0.385. The molecule has 5 heteroatoms. The highest BCUT2D eigenvalue weighted by Gasteiger charge is 2.13. The summed E-state index contributed by atoms with van der Waals surface area (Å²) in [6.07, 6.45) is 3.81. The van der Waals surface area contributed by atoms with Gasteiger partial charge in [0.25, 0.3) is 5.91 Å². The Hall–Kier alpha value is -1.62. The Kier molecular flexibility index (Phi) is 3.81. The maximum Gasteiger partial charge on any atom is 0.266 e. The molecular weight excluding hydrogens is 246 g/mol. The van der Waals surface area contributed by atoms with Crippen LogP contribution in [0.1, 0.15) is 39.0 Å². The molecule has 18 heavy (non-hydrogen) atoms. The Morgan fingerprint density at radius 1 is 1.50 bits per heavy atom. The van der Waals surface area contributed by atoms with Gasteiger partial charge in [-0.1, -0.05) is 13.3 Å². The number of carbonyl (C=O) groups excluding carboxylic acids is 1. The van der Waals surface area contributed by atoms with Gasteiger partial charge in [-0.15, -0.1) is 11.3 Å². The summed E-state index contributed by atoms with van der Waals surface area (Å²) in [7, 11) is 0. The molecule has 0 bridgehead atoms. The van der Waals surface area contributed by atoms with Crippen LogP contribution in [-0.2, 0) is 6.42 Å². The quantitative estimate of drug-likeness (QED) is 0.889. The number of hydrogen-bond donors (Lipinski definition) is 2. The van der Waals surface area contributed by atoms with Gasteiger partial charge in [0.15, 0.2) is 0 Å². The van der Waals surface area contributed by atoms with E-state index in [9.17, 15) is 4.79 Å². The molecule has 0 atom stereocenters. The molecule has 0 saturated carbocycles. The zero-order valence-electron chi connectivity index (χ0n) is 10.8. The average Bonchev–Trinajstić information content (AvgIpc) is 2.88. The number of aryl methyl sites for hydroxylation is 3. The van der Waals surface area contributed by atoms with E-state index in [2.05, 4.69) is 29.4 Å². The van der Waals surface area contributed by atoms with Crippen LogP contribution in [0.3, 0.4) is 0 Å². The summed E-state index contributed by atoms with van der Waals surface area (Å²) >= 11 is 1.54. The minimum Gasteiger partial charge on any atom is -0.306 e. The van der Waals surface area contributed by atoms with Crippen LogP contribution in [0.4, 0.5) is 5.82 Å². The maximum absolute atomic E-state index is 12.1. The number of carbonyl (C=O) groups is 1. The zero-order valence-corrected chi connectivity index (χ0v) is 11.6.